The summed E-state index contributed by atoms with van der Waals surface area (Å²) in [6.45, 7) is 8.79. The van der Waals surface area contributed by atoms with Gasteiger partial charge in [-0.2, -0.15) is 0 Å². The zero-order chi connectivity index (χ0) is 22.9. The third-order valence-electron chi connectivity index (χ3n) is 5.66. The van der Waals surface area contributed by atoms with Crippen LogP contribution in [0.25, 0.3) is 0 Å². The van der Waals surface area contributed by atoms with Gasteiger partial charge in [0.05, 0.1) is 5.71 Å². The molecule has 172 valence electrons. The Bertz CT molecular complexity index is 910. The van der Waals surface area contributed by atoms with E-state index in [9.17, 15) is 0 Å². The van der Waals surface area contributed by atoms with Crippen LogP contribution in [0, 0.1) is 13.8 Å². The van der Waals surface area contributed by atoms with E-state index in [0.29, 0.717) is 6.61 Å². The van der Waals surface area contributed by atoms with E-state index in [1.165, 1.54) is 0 Å². The summed E-state index contributed by atoms with van der Waals surface area (Å²) in [6, 6.07) is 12.2. The fraction of sp³-hybridized carbons (Fsp3) is 0.444. The van der Waals surface area contributed by atoms with Crippen LogP contribution >= 0.6 is 0 Å². The first-order valence-corrected chi connectivity index (χ1v) is 11.4. The number of oxime groups is 1. The van der Waals surface area contributed by atoms with Crippen molar-refractivity contribution in [2.24, 2.45) is 5.16 Å². The predicted octanol–water partition coefficient (Wildman–Crippen LogP) is 6.40. The Morgan fingerprint density at radius 1 is 1.00 bits per heavy atom. The fourth-order valence-electron chi connectivity index (χ4n) is 4.05. The van der Waals surface area contributed by atoms with Crippen LogP contribution in [0.1, 0.15) is 56.2 Å². The summed E-state index contributed by atoms with van der Waals surface area (Å²) < 4.78 is 18.4. The van der Waals surface area contributed by atoms with E-state index in [2.05, 4.69) is 25.9 Å². The van der Waals surface area contributed by atoms with E-state index < -0.39 is 0 Å². The Hall–Kier alpha value is -2.95. The summed E-state index contributed by atoms with van der Waals surface area (Å²) in [7, 11) is 1.57. The molecule has 0 aliphatic heterocycles. The van der Waals surface area contributed by atoms with Gasteiger partial charge in [-0.25, -0.2) is 0 Å². The quantitative estimate of drug-likeness (QED) is 0.245. The third kappa shape index (κ3) is 6.28. The van der Waals surface area contributed by atoms with Gasteiger partial charge in [0.2, 0.25) is 0 Å². The average Bonchev–Trinajstić information content (AvgIpc) is 3.22. The first-order chi connectivity index (χ1) is 15.5. The van der Waals surface area contributed by atoms with Crippen molar-refractivity contribution in [3.05, 3.63) is 65.2 Å². The zero-order valence-corrected chi connectivity index (χ0v) is 19.9. The van der Waals surface area contributed by atoms with Gasteiger partial charge in [-0.3, -0.25) is 0 Å². The Labute approximate surface area is 192 Å². The van der Waals surface area contributed by atoms with Gasteiger partial charge in [0.15, 0.2) is 0 Å². The molecule has 1 aliphatic rings. The highest BCUT2D eigenvalue weighted by Crippen LogP contribution is 2.33. The number of hydrogen-bond donors (Lipinski definition) is 0. The highest BCUT2D eigenvalue weighted by Gasteiger charge is 2.28. The van der Waals surface area contributed by atoms with E-state index in [-0.39, 0.29) is 12.2 Å². The minimum atomic E-state index is 0.159. The molecule has 0 amide bonds. The van der Waals surface area contributed by atoms with E-state index in [1.54, 1.807) is 7.11 Å². The van der Waals surface area contributed by atoms with Crippen LogP contribution in [0.5, 0.6) is 17.2 Å². The monoisotopic (exact) mass is 437 g/mol. The SMILES string of the molecule is C/C=C/COc1cc(C)c(OC2CCC(Oc3ccc(/C(CC)=N/OC)cc3)C2)c(C)c1. The van der Waals surface area contributed by atoms with Gasteiger partial charge in [-0.15, -0.1) is 0 Å². The zero-order valence-electron chi connectivity index (χ0n) is 19.9. The smallest absolute Gasteiger partial charge is 0.125 e. The summed E-state index contributed by atoms with van der Waals surface area (Å²) in [5.74, 6) is 2.72. The molecule has 0 bridgehead atoms. The molecule has 2 aromatic carbocycles. The van der Waals surface area contributed by atoms with Crippen LogP contribution in [-0.2, 0) is 4.84 Å². The van der Waals surface area contributed by atoms with Crippen molar-refractivity contribution >= 4 is 5.71 Å². The first kappa shape index (κ1) is 23.7. The second-order valence-electron chi connectivity index (χ2n) is 8.16. The molecular formula is C27H35NO4. The second kappa shape index (κ2) is 11.6. The molecular weight excluding hydrogens is 402 g/mol. The topological polar surface area (TPSA) is 49.3 Å². The van der Waals surface area contributed by atoms with Crippen LogP contribution in [0.2, 0.25) is 0 Å². The maximum absolute atomic E-state index is 6.40. The molecule has 2 aromatic rings. The van der Waals surface area contributed by atoms with E-state index in [1.807, 2.05) is 55.5 Å². The van der Waals surface area contributed by atoms with E-state index in [0.717, 1.165) is 65.3 Å². The van der Waals surface area contributed by atoms with E-state index in [4.69, 9.17) is 19.0 Å². The molecule has 32 heavy (non-hydrogen) atoms. The molecule has 0 N–H and O–H groups in total. The van der Waals surface area contributed by atoms with Crippen molar-refractivity contribution in [1.29, 1.82) is 0 Å². The maximum atomic E-state index is 6.40. The average molecular weight is 438 g/mol. The number of hydrogen-bond acceptors (Lipinski definition) is 5. The van der Waals surface area contributed by atoms with Gasteiger partial charge < -0.3 is 19.0 Å². The molecule has 5 heteroatoms. The lowest BCUT2D eigenvalue weighted by Crippen LogP contribution is -2.18. The van der Waals surface area contributed by atoms with E-state index >= 15 is 0 Å². The van der Waals surface area contributed by atoms with Crippen LogP contribution in [-0.4, -0.2) is 31.6 Å². The highest BCUT2D eigenvalue weighted by atomic mass is 16.6. The molecule has 1 saturated carbocycles. The lowest BCUT2D eigenvalue weighted by Gasteiger charge is -2.19. The summed E-state index contributed by atoms with van der Waals surface area (Å²) in [5.41, 5.74) is 4.19. The van der Waals surface area contributed by atoms with Gasteiger partial charge in [-0.1, -0.05) is 24.2 Å². The van der Waals surface area contributed by atoms with Crippen molar-refractivity contribution in [1.82, 2.24) is 0 Å². The normalized spacial score (nSPS) is 18.7. The van der Waals surface area contributed by atoms with Crippen molar-refractivity contribution < 1.29 is 19.0 Å². The van der Waals surface area contributed by atoms with Gasteiger partial charge in [-0.05, 0) is 93.1 Å². The number of rotatable bonds is 10. The number of aryl methyl sites for hydroxylation is 2. The van der Waals surface area contributed by atoms with Gasteiger partial charge >= 0.3 is 0 Å². The van der Waals surface area contributed by atoms with Crippen LogP contribution in [0.3, 0.4) is 0 Å². The van der Waals surface area contributed by atoms with Gasteiger partial charge in [0, 0.05) is 6.42 Å². The maximum Gasteiger partial charge on any atom is 0.125 e. The first-order valence-electron chi connectivity index (χ1n) is 11.4. The second-order valence-corrected chi connectivity index (χ2v) is 8.16. The predicted molar refractivity (Wildman–Crippen MR) is 129 cm³/mol. The lowest BCUT2D eigenvalue weighted by molar-refractivity contribution is 0.164. The number of nitrogens with zero attached hydrogens (tertiary/aromatic N) is 1. The Morgan fingerprint density at radius 3 is 2.25 bits per heavy atom. The minimum Gasteiger partial charge on any atom is -0.490 e. The third-order valence-corrected chi connectivity index (χ3v) is 5.66. The largest absolute Gasteiger partial charge is 0.490 e. The summed E-state index contributed by atoms with van der Waals surface area (Å²) in [5, 5.41) is 4.08. The molecule has 0 saturated heterocycles. The Morgan fingerprint density at radius 2 is 1.66 bits per heavy atom. The molecule has 0 radical (unpaired) electrons. The molecule has 0 spiro atoms. The van der Waals surface area contributed by atoms with Crippen LogP contribution < -0.4 is 14.2 Å². The molecule has 0 aromatic heterocycles. The Kier molecular flexibility index (Phi) is 8.60. The van der Waals surface area contributed by atoms with Crippen LogP contribution in [0.15, 0.2) is 53.7 Å². The van der Waals surface area contributed by atoms with Crippen molar-refractivity contribution in [2.45, 2.75) is 65.6 Å². The standard InChI is InChI=1S/C27H35NO4/c1-6-8-15-30-25-16-19(3)27(20(4)17-25)32-24-14-13-23(18-24)31-22-11-9-21(10-12-22)26(7-2)28-29-5/h6,8-12,16-17,23-24H,7,13-15,18H2,1-5H3/b8-6+,28-26+. The molecule has 1 fully saturated rings. The molecule has 3 rings (SSSR count). The summed E-state index contributed by atoms with van der Waals surface area (Å²) in [6.07, 6.45) is 7.98. The minimum absolute atomic E-state index is 0.159. The molecule has 2 unspecified atom stereocenters. The summed E-state index contributed by atoms with van der Waals surface area (Å²) >= 11 is 0. The van der Waals surface area contributed by atoms with Crippen molar-refractivity contribution in [3.8, 4) is 17.2 Å². The molecule has 5 nitrogen and oxygen atoms in total. The number of benzene rings is 2. The van der Waals surface area contributed by atoms with Crippen LogP contribution in [0.4, 0.5) is 0 Å². The summed E-state index contributed by atoms with van der Waals surface area (Å²) in [4.78, 5) is 4.93. The van der Waals surface area contributed by atoms with Gasteiger partial charge in [0.1, 0.15) is 43.2 Å². The number of ether oxygens (including phenoxy) is 3. The van der Waals surface area contributed by atoms with Crippen molar-refractivity contribution in [3.63, 3.8) is 0 Å². The molecule has 0 heterocycles. The van der Waals surface area contributed by atoms with Crippen molar-refractivity contribution in [2.75, 3.05) is 13.7 Å². The fourth-order valence-corrected chi connectivity index (χ4v) is 4.05. The molecule has 1 aliphatic carbocycles. The highest BCUT2D eigenvalue weighted by molar-refractivity contribution is 6.00. The Balaban J connectivity index is 1.56. The molecule has 2 atom stereocenters. The van der Waals surface area contributed by atoms with Gasteiger partial charge in [0.25, 0.3) is 0 Å². The number of allylic oxidation sites excluding steroid dienone is 1. The lowest BCUT2D eigenvalue weighted by atomic mass is 10.1.